The van der Waals surface area contributed by atoms with Crippen molar-refractivity contribution in [2.24, 2.45) is 0 Å². The number of thioether (sulfide) groups is 2. The Bertz CT molecular complexity index is 472. The van der Waals surface area contributed by atoms with E-state index in [0.717, 1.165) is 10.1 Å². The first-order valence-corrected chi connectivity index (χ1v) is 6.64. The van der Waals surface area contributed by atoms with Gasteiger partial charge in [0.25, 0.3) is 0 Å². The van der Waals surface area contributed by atoms with E-state index in [0.29, 0.717) is 0 Å². The van der Waals surface area contributed by atoms with Crippen molar-refractivity contribution in [2.45, 2.75) is 5.03 Å². The fourth-order valence-corrected chi connectivity index (χ4v) is 3.37. The minimum atomic E-state index is 0.740. The molecule has 0 spiro atoms. The molecule has 0 aliphatic rings. The van der Waals surface area contributed by atoms with E-state index in [9.17, 15) is 0 Å². The van der Waals surface area contributed by atoms with Crippen LogP contribution in [0.25, 0.3) is 10.1 Å². The summed E-state index contributed by atoms with van der Waals surface area (Å²) in [6.45, 7) is 0. The molecule has 2 nitrogen and oxygen atoms in total. The second-order valence-electron chi connectivity index (χ2n) is 2.48. The van der Waals surface area contributed by atoms with Crippen molar-refractivity contribution in [3.8, 4) is 5.40 Å². The Labute approximate surface area is 94.5 Å². The maximum absolute atomic E-state index is 8.39. The van der Waals surface area contributed by atoms with Gasteiger partial charge in [0.2, 0.25) is 0 Å². The maximum atomic E-state index is 8.39. The zero-order valence-corrected chi connectivity index (χ0v) is 9.59. The van der Waals surface area contributed by atoms with E-state index in [1.165, 1.54) is 33.4 Å². The van der Waals surface area contributed by atoms with Gasteiger partial charge in [0.15, 0.2) is 0 Å². The molecule has 0 bridgehead atoms. The maximum Gasteiger partial charge on any atom is 0.134 e. The molecule has 5 heteroatoms. The molecular formula is C9H6N2S3. The number of hydrogen-bond donors (Lipinski definition) is 0. The highest BCUT2D eigenvalue weighted by Gasteiger charge is 2.04. The van der Waals surface area contributed by atoms with Gasteiger partial charge in [-0.25, -0.2) is 0 Å². The molecule has 2 aromatic rings. The van der Waals surface area contributed by atoms with Crippen molar-refractivity contribution in [2.75, 3.05) is 5.08 Å². The van der Waals surface area contributed by atoms with Crippen LogP contribution in [0.2, 0.25) is 0 Å². The number of nitriles is 1. The zero-order chi connectivity index (χ0) is 9.80. The van der Waals surface area contributed by atoms with Crippen molar-refractivity contribution in [3.63, 3.8) is 0 Å². The topological polar surface area (TPSA) is 36.7 Å². The largest absolute Gasteiger partial charge is 0.185 e. The summed E-state index contributed by atoms with van der Waals surface area (Å²) in [6, 6.07) is 8.16. The minimum Gasteiger partial charge on any atom is -0.185 e. The second-order valence-corrected chi connectivity index (χ2v) is 5.38. The molecule has 14 heavy (non-hydrogen) atoms. The third-order valence-electron chi connectivity index (χ3n) is 1.66. The molecule has 0 atom stereocenters. The van der Waals surface area contributed by atoms with Gasteiger partial charge in [-0.15, -0.1) is 0 Å². The van der Waals surface area contributed by atoms with Crippen LogP contribution in [0.15, 0.2) is 29.3 Å². The molecule has 0 fully saturated rings. The number of rotatable bonds is 3. The highest BCUT2D eigenvalue weighted by atomic mass is 32.2. The monoisotopic (exact) mass is 238 g/mol. The van der Waals surface area contributed by atoms with Gasteiger partial charge in [-0.3, -0.25) is 0 Å². The number of nitrogens with zero attached hydrogens (tertiary/aromatic N) is 2. The molecule has 0 amide bonds. The van der Waals surface area contributed by atoms with Crippen molar-refractivity contribution in [1.82, 2.24) is 4.37 Å². The standard InChI is InChI=1S/C9H6N2S3/c10-5-12-6-13-9-7-3-1-2-4-8(7)14-11-9/h1-4H,6H2. The van der Waals surface area contributed by atoms with Crippen LogP contribution in [0.3, 0.4) is 0 Å². The van der Waals surface area contributed by atoms with E-state index in [2.05, 4.69) is 16.5 Å². The summed E-state index contributed by atoms with van der Waals surface area (Å²) in [6.07, 6.45) is 0. The smallest absolute Gasteiger partial charge is 0.134 e. The molecular weight excluding hydrogens is 232 g/mol. The summed E-state index contributed by atoms with van der Waals surface area (Å²) in [5.74, 6) is 0. The lowest BCUT2D eigenvalue weighted by Crippen LogP contribution is -1.72. The molecule has 0 unspecified atom stereocenters. The zero-order valence-electron chi connectivity index (χ0n) is 7.14. The predicted molar refractivity (Wildman–Crippen MR) is 63.5 cm³/mol. The lowest BCUT2D eigenvalue weighted by atomic mass is 10.3. The van der Waals surface area contributed by atoms with Crippen molar-refractivity contribution in [1.29, 1.82) is 5.26 Å². The molecule has 1 aromatic carbocycles. The molecule has 0 aliphatic carbocycles. The van der Waals surface area contributed by atoms with Crippen molar-refractivity contribution < 1.29 is 0 Å². The summed E-state index contributed by atoms with van der Waals surface area (Å²) >= 11 is 4.38. The first-order chi connectivity index (χ1) is 6.92. The van der Waals surface area contributed by atoms with Crippen LogP contribution >= 0.6 is 35.1 Å². The van der Waals surface area contributed by atoms with E-state index in [-0.39, 0.29) is 0 Å². The number of aromatic nitrogens is 1. The van der Waals surface area contributed by atoms with E-state index in [1.54, 1.807) is 11.8 Å². The summed E-state index contributed by atoms with van der Waals surface area (Å²) in [7, 11) is 0. The molecule has 70 valence electrons. The van der Waals surface area contributed by atoms with Crippen LogP contribution in [0.5, 0.6) is 0 Å². The van der Waals surface area contributed by atoms with Crippen molar-refractivity contribution in [3.05, 3.63) is 24.3 Å². The van der Waals surface area contributed by atoms with Gasteiger partial charge >= 0.3 is 0 Å². The Balaban J connectivity index is 2.22. The van der Waals surface area contributed by atoms with Crippen LogP contribution in [0.1, 0.15) is 0 Å². The third kappa shape index (κ3) is 2.03. The normalized spacial score (nSPS) is 10.2. The number of fused-ring (bicyclic) bond motifs is 1. The van der Waals surface area contributed by atoms with Crippen LogP contribution in [0.4, 0.5) is 0 Å². The number of hydrogen-bond acceptors (Lipinski definition) is 5. The lowest BCUT2D eigenvalue weighted by Gasteiger charge is -1.92. The van der Waals surface area contributed by atoms with Crippen LogP contribution in [0, 0.1) is 10.7 Å². The van der Waals surface area contributed by atoms with Gasteiger partial charge in [-0.05, 0) is 29.4 Å². The highest BCUT2D eigenvalue weighted by Crippen LogP contribution is 2.31. The highest BCUT2D eigenvalue weighted by molar-refractivity contribution is 8.18. The average molecular weight is 238 g/mol. The van der Waals surface area contributed by atoms with Gasteiger partial charge < -0.3 is 0 Å². The number of benzene rings is 1. The molecule has 0 aliphatic heterocycles. The van der Waals surface area contributed by atoms with Gasteiger partial charge in [-0.2, -0.15) is 9.64 Å². The lowest BCUT2D eigenvalue weighted by molar-refractivity contribution is 1.33. The molecule has 0 N–H and O–H groups in total. The number of thiocyanates is 1. The molecule has 0 saturated heterocycles. The van der Waals surface area contributed by atoms with Crippen LogP contribution in [-0.4, -0.2) is 9.46 Å². The van der Waals surface area contributed by atoms with E-state index in [4.69, 9.17) is 5.26 Å². The fraction of sp³-hybridized carbons (Fsp3) is 0.111. The van der Waals surface area contributed by atoms with Crippen molar-refractivity contribution >= 4 is 45.1 Å². The van der Waals surface area contributed by atoms with Gasteiger partial charge in [0, 0.05) is 5.39 Å². The predicted octanol–water partition coefficient (Wildman–Crippen LogP) is 3.56. The summed E-state index contributed by atoms with van der Waals surface area (Å²) in [4.78, 5) is 0. The SMILES string of the molecule is N#CSCSc1nsc2ccccc12. The van der Waals surface area contributed by atoms with Crippen LogP contribution in [-0.2, 0) is 0 Å². The summed E-state index contributed by atoms with van der Waals surface area (Å²) in [5.41, 5.74) is 0. The minimum absolute atomic E-state index is 0.740. The Morgan fingerprint density at radius 3 is 3.14 bits per heavy atom. The Kier molecular flexibility index (Phi) is 3.30. The van der Waals surface area contributed by atoms with Gasteiger partial charge in [0.1, 0.15) is 10.4 Å². The Morgan fingerprint density at radius 1 is 1.43 bits per heavy atom. The molecule has 1 aromatic heterocycles. The Morgan fingerprint density at radius 2 is 2.29 bits per heavy atom. The van der Waals surface area contributed by atoms with E-state index >= 15 is 0 Å². The fourth-order valence-electron chi connectivity index (χ4n) is 1.08. The van der Waals surface area contributed by atoms with E-state index in [1.807, 2.05) is 17.5 Å². The molecule has 0 saturated carbocycles. The van der Waals surface area contributed by atoms with Gasteiger partial charge in [-0.1, -0.05) is 30.0 Å². The summed E-state index contributed by atoms with van der Waals surface area (Å²) < 4.78 is 5.55. The third-order valence-corrected chi connectivity index (χ3v) is 4.26. The second kappa shape index (κ2) is 4.69. The quantitative estimate of drug-likeness (QED) is 0.354. The molecule has 0 radical (unpaired) electrons. The first kappa shape index (κ1) is 9.84. The van der Waals surface area contributed by atoms with Gasteiger partial charge in [0.05, 0.1) is 9.78 Å². The first-order valence-electron chi connectivity index (χ1n) is 3.90. The Hall–Kier alpha value is -0.700. The average Bonchev–Trinajstić information content (AvgIpc) is 2.63. The molecule has 1 heterocycles. The summed E-state index contributed by atoms with van der Waals surface area (Å²) in [5, 5.41) is 13.4. The van der Waals surface area contributed by atoms with E-state index < -0.39 is 0 Å². The van der Waals surface area contributed by atoms with Crippen LogP contribution < -0.4 is 0 Å². The molecule has 2 rings (SSSR count).